The van der Waals surface area contributed by atoms with E-state index in [9.17, 15) is 4.79 Å². The molecule has 2 aromatic carbocycles. The first-order valence-corrected chi connectivity index (χ1v) is 7.34. The Bertz CT molecular complexity index is 900. The molecule has 116 valence electrons. The van der Waals surface area contributed by atoms with Gasteiger partial charge in [0.25, 0.3) is 5.91 Å². The third kappa shape index (κ3) is 3.57. The Balaban J connectivity index is 1.79. The second kappa shape index (κ2) is 7.07. The molecule has 0 saturated carbocycles. The van der Waals surface area contributed by atoms with Crippen molar-refractivity contribution in [2.45, 2.75) is 0 Å². The van der Waals surface area contributed by atoms with Crippen molar-refractivity contribution < 1.29 is 4.79 Å². The molecule has 0 atom stereocenters. The number of nitrogens with one attached hydrogen (secondary N) is 2. The summed E-state index contributed by atoms with van der Waals surface area (Å²) >= 11 is 0. The number of hydrogen-bond donors (Lipinski definition) is 2. The number of aromatic nitrogens is 1. The van der Waals surface area contributed by atoms with E-state index >= 15 is 0 Å². The predicted molar refractivity (Wildman–Crippen MR) is 93.1 cm³/mol. The Hall–Kier alpha value is -3.65. The van der Waals surface area contributed by atoms with Gasteiger partial charge in [0, 0.05) is 11.9 Å². The van der Waals surface area contributed by atoms with Crippen LogP contribution in [0.1, 0.15) is 15.9 Å². The molecule has 0 aliphatic carbocycles. The van der Waals surface area contributed by atoms with E-state index in [2.05, 4.69) is 21.7 Å². The van der Waals surface area contributed by atoms with Crippen molar-refractivity contribution in [1.29, 1.82) is 5.26 Å². The fourth-order valence-corrected chi connectivity index (χ4v) is 2.20. The standard InChI is InChI=1S/C19H14N4O/c20-11-14-6-4-5-9-18(14)22-17-10-15(12-21-13-17)19(24)23-16-7-2-1-3-8-16/h1-10,12-13,22H,(H,23,24). The fourth-order valence-electron chi connectivity index (χ4n) is 2.20. The van der Waals surface area contributed by atoms with Crippen LogP contribution in [0.5, 0.6) is 0 Å². The molecule has 1 aromatic heterocycles. The molecule has 0 spiro atoms. The first kappa shape index (κ1) is 15.3. The molecule has 5 heteroatoms. The summed E-state index contributed by atoms with van der Waals surface area (Å²) in [7, 11) is 0. The average Bonchev–Trinajstić information content (AvgIpc) is 2.63. The van der Waals surface area contributed by atoms with E-state index in [4.69, 9.17) is 5.26 Å². The molecule has 2 N–H and O–H groups in total. The summed E-state index contributed by atoms with van der Waals surface area (Å²) in [6.07, 6.45) is 3.10. The van der Waals surface area contributed by atoms with Gasteiger partial charge < -0.3 is 10.6 Å². The maximum atomic E-state index is 12.3. The highest BCUT2D eigenvalue weighted by atomic mass is 16.1. The van der Waals surface area contributed by atoms with Gasteiger partial charge in [-0.1, -0.05) is 30.3 Å². The van der Waals surface area contributed by atoms with Crippen LogP contribution in [0.3, 0.4) is 0 Å². The molecule has 0 bridgehead atoms. The van der Waals surface area contributed by atoms with Crippen molar-refractivity contribution in [3.8, 4) is 6.07 Å². The van der Waals surface area contributed by atoms with E-state index < -0.39 is 0 Å². The minimum Gasteiger partial charge on any atom is -0.353 e. The summed E-state index contributed by atoms with van der Waals surface area (Å²) < 4.78 is 0. The number of pyridine rings is 1. The van der Waals surface area contributed by atoms with Crippen LogP contribution < -0.4 is 10.6 Å². The van der Waals surface area contributed by atoms with Gasteiger partial charge in [-0.3, -0.25) is 9.78 Å². The molecule has 0 aliphatic rings. The highest BCUT2D eigenvalue weighted by molar-refractivity contribution is 6.04. The molecular weight excluding hydrogens is 300 g/mol. The summed E-state index contributed by atoms with van der Waals surface area (Å²) in [6.45, 7) is 0. The third-order valence-electron chi connectivity index (χ3n) is 3.36. The molecule has 5 nitrogen and oxygen atoms in total. The minimum atomic E-state index is -0.245. The Labute approximate surface area is 139 Å². The lowest BCUT2D eigenvalue weighted by Gasteiger charge is -2.09. The maximum Gasteiger partial charge on any atom is 0.257 e. The molecule has 3 rings (SSSR count). The van der Waals surface area contributed by atoms with E-state index in [0.29, 0.717) is 22.5 Å². The zero-order valence-electron chi connectivity index (χ0n) is 12.7. The van der Waals surface area contributed by atoms with E-state index in [1.54, 1.807) is 30.5 Å². The van der Waals surface area contributed by atoms with Gasteiger partial charge in [-0.15, -0.1) is 0 Å². The topological polar surface area (TPSA) is 77.8 Å². The van der Waals surface area contributed by atoms with Gasteiger partial charge >= 0.3 is 0 Å². The van der Waals surface area contributed by atoms with Crippen LogP contribution in [0.2, 0.25) is 0 Å². The second-order valence-corrected chi connectivity index (χ2v) is 5.06. The first-order chi connectivity index (χ1) is 11.8. The van der Waals surface area contributed by atoms with Crippen molar-refractivity contribution >= 4 is 23.0 Å². The van der Waals surface area contributed by atoms with E-state index in [1.165, 1.54) is 6.20 Å². The summed E-state index contributed by atoms with van der Waals surface area (Å²) in [5, 5.41) is 15.1. The van der Waals surface area contributed by atoms with Crippen molar-refractivity contribution in [2.24, 2.45) is 0 Å². The van der Waals surface area contributed by atoms with Crippen LogP contribution in [-0.2, 0) is 0 Å². The monoisotopic (exact) mass is 314 g/mol. The largest absolute Gasteiger partial charge is 0.353 e. The molecule has 0 fully saturated rings. The Morgan fingerprint density at radius 1 is 0.958 bits per heavy atom. The number of carbonyl (C=O) groups is 1. The fraction of sp³-hybridized carbons (Fsp3) is 0. The number of nitrogens with zero attached hydrogens (tertiary/aromatic N) is 2. The number of carbonyl (C=O) groups excluding carboxylic acids is 1. The third-order valence-corrected chi connectivity index (χ3v) is 3.36. The Morgan fingerprint density at radius 2 is 1.71 bits per heavy atom. The van der Waals surface area contributed by atoms with Crippen molar-refractivity contribution in [3.63, 3.8) is 0 Å². The summed E-state index contributed by atoms with van der Waals surface area (Å²) in [5.41, 5.74) is 2.98. The lowest BCUT2D eigenvalue weighted by Crippen LogP contribution is -2.12. The molecule has 0 saturated heterocycles. The SMILES string of the molecule is N#Cc1ccccc1Nc1cncc(C(=O)Nc2ccccc2)c1. The molecule has 3 aromatic rings. The van der Waals surface area contributed by atoms with E-state index in [-0.39, 0.29) is 5.91 Å². The van der Waals surface area contributed by atoms with Crippen LogP contribution in [0, 0.1) is 11.3 Å². The second-order valence-electron chi connectivity index (χ2n) is 5.06. The average molecular weight is 314 g/mol. The van der Waals surface area contributed by atoms with Crippen LogP contribution in [-0.4, -0.2) is 10.9 Å². The summed E-state index contributed by atoms with van der Waals surface area (Å²) in [6, 6.07) is 20.2. The smallest absolute Gasteiger partial charge is 0.257 e. The van der Waals surface area contributed by atoms with Crippen LogP contribution >= 0.6 is 0 Å². The van der Waals surface area contributed by atoms with Gasteiger partial charge in [-0.2, -0.15) is 5.26 Å². The number of para-hydroxylation sites is 2. The number of benzene rings is 2. The lowest BCUT2D eigenvalue weighted by molar-refractivity contribution is 0.102. The van der Waals surface area contributed by atoms with Crippen LogP contribution in [0.25, 0.3) is 0 Å². The number of amides is 1. The van der Waals surface area contributed by atoms with Gasteiger partial charge in [0.2, 0.25) is 0 Å². The highest BCUT2D eigenvalue weighted by Crippen LogP contribution is 2.20. The van der Waals surface area contributed by atoms with Crippen molar-refractivity contribution in [2.75, 3.05) is 10.6 Å². The number of hydrogen-bond acceptors (Lipinski definition) is 4. The summed E-state index contributed by atoms with van der Waals surface area (Å²) in [4.78, 5) is 16.4. The van der Waals surface area contributed by atoms with Gasteiger partial charge in [-0.05, 0) is 30.3 Å². The number of nitriles is 1. The van der Waals surface area contributed by atoms with Crippen molar-refractivity contribution in [1.82, 2.24) is 4.98 Å². The molecule has 24 heavy (non-hydrogen) atoms. The zero-order valence-corrected chi connectivity index (χ0v) is 12.7. The lowest BCUT2D eigenvalue weighted by atomic mass is 10.2. The summed E-state index contributed by atoms with van der Waals surface area (Å²) in [5.74, 6) is -0.245. The van der Waals surface area contributed by atoms with Gasteiger partial charge in [0.05, 0.1) is 28.7 Å². The first-order valence-electron chi connectivity index (χ1n) is 7.34. The molecule has 1 amide bonds. The number of rotatable bonds is 4. The van der Waals surface area contributed by atoms with E-state index in [1.807, 2.05) is 36.4 Å². The number of anilines is 3. The van der Waals surface area contributed by atoms with E-state index in [0.717, 1.165) is 5.69 Å². The molecule has 0 radical (unpaired) electrons. The highest BCUT2D eigenvalue weighted by Gasteiger charge is 2.08. The van der Waals surface area contributed by atoms with Gasteiger partial charge in [0.15, 0.2) is 0 Å². The Morgan fingerprint density at radius 3 is 2.50 bits per heavy atom. The van der Waals surface area contributed by atoms with Gasteiger partial charge in [-0.25, -0.2) is 0 Å². The zero-order chi connectivity index (χ0) is 16.8. The molecule has 0 unspecified atom stereocenters. The predicted octanol–water partition coefficient (Wildman–Crippen LogP) is 3.95. The molecular formula is C19H14N4O. The van der Waals surface area contributed by atoms with Crippen molar-refractivity contribution in [3.05, 3.63) is 84.2 Å². The maximum absolute atomic E-state index is 12.3. The normalized spacial score (nSPS) is 9.79. The minimum absolute atomic E-state index is 0.245. The molecule has 1 heterocycles. The molecule has 0 aliphatic heterocycles. The van der Waals surface area contributed by atoms with Gasteiger partial charge in [0.1, 0.15) is 6.07 Å². The Kier molecular flexibility index (Phi) is 4.50. The van der Waals surface area contributed by atoms with Crippen LogP contribution in [0.15, 0.2) is 73.1 Å². The quantitative estimate of drug-likeness (QED) is 0.764. The van der Waals surface area contributed by atoms with Crippen LogP contribution in [0.4, 0.5) is 17.1 Å².